The van der Waals surface area contributed by atoms with Gasteiger partial charge in [0.2, 0.25) is 0 Å². The molecule has 5 nitrogen and oxygen atoms in total. The van der Waals surface area contributed by atoms with Gasteiger partial charge in [-0.25, -0.2) is 18.3 Å². The minimum Gasteiger partial charge on any atom is -0.442 e. The van der Waals surface area contributed by atoms with Gasteiger partial charge in [-0.1, -0.05) is 32.0 Å². The number of aromatic nitrogens is 2. The lowest BCUT2D eigenvalue weighted by atomic mass is 9.99. The van der Waals surface area contributed by atoms with Crippen molar-refractivity contribution >= 4 is 6.09 Å². The van der Waals surface area contributed by atoms with E-state index in [1.165, 1.54) is 16.8 Å². The second-order valence-corrected chi connectivity index (χ2v) is 7.31. The van der Waals surface area contributed by atoms with E-state index in [0.717, 1.165) is 16.7 Å². The number of nitrogens with zero attached hydrogens (tertiary/aromatic N) is 2. The number of carbonyl (C=O) groups excluding carboxylic acids is 1. The summed E-state index contributed by atoms with van der Waals surface area (Å²) >= 11 is 0. The lowest BCUT2D eigenvalue weighted by Crippen LogP contribution is -2.16. The molecule has 3 aromatic rings. The molecule has 2 aromatic carbocycles. The molecule has 0 radical (unpaired) electrons. The average Bonchev–Trinajstić information content (AvgIpc) is 3.09. The van der Waals surface area contributed by atoms with E-state index in [2.05, 4.69) is 5.10 Å². The molecule has 0 spiro atoms. The molecule has 2 N–H and O–H groups in total. The van der Waals surface area contributed by atoms with Crippen molar-refractivity contribution in [3.63, 3.8) is 0 Å². The minimum atomic E-state index is -0.838. The van der Waals surface area contributed by atoms with Gasteiger partial charge in [-0.15, -0.1) is 0 Å². The van der Waals surface area contributed by atoms with Crippen LogP contribution in [-0.2, 0) is 4.74 Å². The number of aryl methyl sites for hydroxylation is 1. The van der Waals surface area contributed by atoms with Crippen LogP contribution in [0.4, 0.5) is 13.6 Å². The van der Waals surface area contributed by atoms with E-state index in [-0.39, 0.29) is 11.6 Å². The monoisotopic (exact) mass is 399 g/mol. The summed E-state index contributed by atoms with van der Waals surface area (Å²) in [6.45, 7) is 7.37. The second kappa shape index (κ2) is 8.03. The maximum Gasteiger partial charge on any atom is 0.405 e. The van der Waals surface area contributed by atoms with E-state index in [9.17, 15) is 13.6 Å². The number of hydrogen-bond donors (Lipinski definition) is 1. The van der Waals surface area contributed by atoms with E-state index in [0.29, 0.717) is 11.1 Å². The predicted octanol–water partition coefficient (Wildman–Crippen LogP) is 5.41. The Bertz CT molecular complexity index is 1040. The van der Waals surface area contributed by atoms with Crippen LogP contribution in [0.3, 0.4) is 0 Å². The van der Waals surface area contributed by atoms with Crippen LogP contribution < -0.4 is 5.73 Å². The Hall–Kier alpha value is -3.22. The molecule has 29 heavy (non-hydrogen) atoms. The van der Waals surface area contributed by atoms with Crippen molar-refractivity contribution in [1.29, 1.82) is 0 Å². The first-order valence-electron chi connectivity index (χ1n) is 9.28. The summed E-state index contributed by atoms with van der Waals surface area (Å²) in [6.07, 6.45) is 1.81. The Balaban J connectivity index is 1.93. The summed E-state index contributed by atoms with van der Waals surface area (Å²) in [5, 5.41) is 4.14. The maximum absolute atomic E-state index is 14.5. The van der Waals surface area contributed by atoms with Crippen molar-refractivity contribution in [2.75, 3.05) is 0 Å². The van der Waals surface area contributed by atoms with E-state index in [1.807, 2.05) is 39.0 Å². The number of hydrogen-bond acceptors (Lipinski definition) is 3. The summed E-state index contributed by atoms with van der Waals surface area (Å²) in [4.78, 5) is 11.0. The Kier molecular flexibility index (Phi) is 5.68. The number of benzene rings is 2. The number of rotatable bonds is 5. The molecular formula is C22H23F2N3O2. The summed E-state index contributed by atoms with van der Waals surface area (Å²) in [6, 6.07) is 8.23. The number of primary amides is 1. The van der Waals surface area contributed by atoms with Gasteiger partial charge in [0.15, 0.2) is 11.6 Å². The molecule has 1 aromatic heterocycles. The second-order valence-electron chi connectivity index (χ2n) is 7.31. The van der Waals surface area contributed by atoms with Gasteiger partial charge in [0.1, 0.15) is 11.8 Å². The zero-order valence-corrected chi connectivity index (χ0v) is 16.7. The van der Waals surface area contributed by atoms with Gasteiger partial charge in [0.05, 0.1) is 6.20 Å². The largest absolute Gasteiger partial charge is 0.442 e. The molecule has 0 saturated heterocycles. The molecule has 1 unspecified atom stereocenters. The van der Waals surface area contributed by atoms with Crippen molar-refractivity contribution in [2.24, 2.45) is 5.73 Å². The first-order valence-corrected chi connectivity index (χ1v) is 9.28. The van der Waals surface area contributed by atoms with Crippen molar-refractivity contribution in [3.8, 4) is 16.8 Å². The highest BCUT2D eigenvalue weighted by molar-refractivity contribution is 5.66. The molecule has 1 heterocycles. The van der Waals surface area contributed by atoms with E-state index in [1.54, 1.807) is 19.3 Å². The topological polar surface area (TPSA) is 70.1 Å². The predicted molar refractivity (Wildman–Crippen MR) is 107 cm³/mol. The van der Waals surface area contributed by atoms with Gasteiger partial charge in [-0.2, -0.15) is 5.10 Å². The van der Waals surface area contributed by atoms with Crippen LogP contribution in [0.1, 0.15) is 49.5 Å². The van der Waals surface area contributed by atoms with Crippen LogP contribution in [0, 0.1) is 18.6 Å². The van der Waals surface area contributed by atoms with Gasteiger partial charge in [0, 0.05) is 11.8 Å². The minimum absolute atomic E-state index is 0.0173. The number of halogens is 2. The molecule has 7 heteroatoms. The van der Waals surface area contributed by atoms with Crippen molar-refractivity contribution in [3.05, 3.63) is 71.1 Å². The van der Waals surface area contributed by atoms with Gasteiger partial charge < -0.3 is 10.5 Å². The fraction of sp³-hybridized carbons (Fsp3) is 0.273. The first-order chi connectivity index (χ1) is 13.7. The molecule has 0 bridgehead atoms. The van der Waals surface area contributed by atoms with Crippen LogP contribution in [0.25, 0.3) is 16.8 Å². The molecule has 0 saturated carbocycles. The van der Waals surface area contributed by atoms with Crippen molar-refractivity contribution in [2.45, 2.75) is 39.7 Å². The number of nitrogens with two attached hydrogens (primary N) is 1. The van der Waals surface area contributed by atoms with Crippen LogP contribution in [0.15, 0.2) is 42.7 Å². The fourth-order valence-corrected chi connectivity index (χ4v) is 3.28. The standard InChI is InChI=1S/C22H23F2N3O2/c1-12(2)16-8-19(23)21(20(24)9-16)27-11-17(10-26-27)15-5-6-18(13(3)7-15)14(4)29-22(25)28/h5-12,14H,1-4H3,(H2,25,28). The number of carbonyl (C=O) groups is 1. The van der Waals surface area contributed by atoms with E-state index >= 15 is 0 Å². The van der Waals surface area contributed by atoms with Gasteiger partial charge >= 0.3 is 6.09 Å². The van der Waals surface area contributed by atoms with E-state index in [4.69, 9.17) is 10.5 Å². The highest BCUT2D eigenvalue weighted by Crippen LogP contribution is 2.29. The third kappa shape index (κ3) is 4.29. The molecule has 0 aliphatic heterocycles. The van der Waals surface area contributed by atoms with Crippen LogP contribution in [-0.4, -0.2) is 15.9 Å². The fourth-order valence-electron chi connectivity index (χ4n) is 3.28. The summed E-state index contributed by atoms with van der Waals surface area (Å²) in [7, 11) is 0. The summed E-state index contributed by atoms with van der Waals surface area (Å²) in [5.41, 5.74) is 8.70. The Morgan fingerprint density at radius 1 is 1.10 bits per heavy atom. The van der Waals surface area contributed by atoms with Gasteiger partial charge in [0.25, 0.3) is 0 Å². The third-order valence-electron chi connectivity index (χ3n) is 4.85. The Morgan fingerprint density at radius 2 is 1.76 bits per heavy atom. The molecule has 0 fully saturated rings. The molecular weight excluding hydrogens is 376 g/mol. The molecule has 3 rings (SSSR count). The van der Waals surface area contributed by atoms with Gasteiger partial charge in [-0.3, -0.25) is 0 Å². The molecule has 1 amide bonds. The molecule has 0 aliphatic carbocycles. The number of amides is 1. The highest BCUT2D eigenvalue weighted by Gasteiger charge is 2.17. The highest BCUT2D eigenvalue weighted by atomic mass is 19.1. The van der Waals surface area contributed by atoms with E-state index < -0.39 is 23.8 Å². The van der Waals surface area contributed by atoms with Crippen molar-refractivity contribution < 1.29 is 18.3 Å². The Morgan fingerprint density at radius 3 is 2.31 bits per heavy atom. The molecule has 1 atom stereocenters. The van der Waals surface area contributed by atoms with Crippen LogP contribution in [0.2, 0.25) is 0 Å². The van der Waals surface area contributed by atoms with Crippen molar-refractivity contribution in [1.82, 2.24) is 9.78 Å². The zero-order valence-electron chi connectivity index (χ0n) is 16.7. The van der Waals surface area contributed by atoms with Gasteiger partial charge in [-0.05, 0) is 54.2 Å². The third-order valence-corrected chi connectivity index (χ3v) is 4.85. The smallest absolute Gasteiger partial charge is 0.405 e. The SMILES string of the molecule is Cc1cc(-c2cnn(-c3c(F)cc(C(C)C)cc3F)c2)ccc1C(C)OC(N)=O. The first kappa shape index (κ1) is 20.5. The lowest BCUT2D eigenvalue weighted by molar-refractivity contribution is 0.116. The lowest BCUT2D eigenvalue weighted by Gasteiger charge is -2.15. The quantitative estimate of drug-likeness (QED) is 0.624. The normalized spacial score (nSPS) is 12.2. The van der Waals surface area contributed by atoms with Crippen LogP contribution >= 0.6 is 0 Å². The summed E-state index contributed by atoms with van der Waals surface area (Å²) in [5.74, 6) is -1.30. The average molecular weight is 399 g/mol. The maximum atomic E-state index is 14.5. The Labute approximate surface area is 168 Å². The molecule has 152 valence electrons. The summed E-state index contributed by atoms with van der Waals surface area (Å²) < 4.78 is 35.3. The number of ether oxygens (including phenoxy) is 1. The van der Waals surface area contributed by atoms with Crippen LogP contribution in [0.5, 0.6) is 0 Å². The zero-order chi connectivity index (χ0) is 21.3. The molecule has 0 aliphatic rings.